The molecule has 0 atom stereocenters. The monoisotopic (exact) mass is 495 g/mol. The lowest BCUT2D eigenvalue weighted by Gasteiger charge is -2.29. The number of morpholine rings is 1. The van der Waals surface area contributed by atoms with Crippen LogP contribution in [0.5, 0.6) is 0 Å². The number of hydrogen-bond donors (Lipinski definition) is 1. The fraction of sp³-hybridized carbons (Fsp3) is 0.458. The van der Waals surface area contributed by atoms with Gasteiger partial charge >= 0.3 is 6.09 Å². The molecule has 0 saturated carbocycles. The van der Waals surface area contributed by atoms with E-state index >= 15 is 0 Å². The van der Waals surface area contributed by atoms with Gasteiger partial charge in [-0.15, -0.1) is 11.3 Å². The van der Waals surface area contributed by atoms with E-state index in [2.05, 4.69) is 26.3 Å². The van der Waals surface area contributed by atoms with Crippen LogP contribution in [0.2, 0.25) is 0 Å². The number of nitrogens with zero attached hydrogens (tertiary/aromatic N) is 6. The lowest BCUT2D eigenvalue weighted by Crippen LogP contribution is -2.39. The number of hydrogen-bond acceptors (Lipinski definition) is 10. The van der Waals surface area contributed by atoms with Gasteiger partial charge in [0.15, 0.2) is 0 Å². The number of carbonyl (C=O) groups is 1. The van der Waals surface area contributed by atoms with E-state index in [1.807, 2.05) is 20.8 Å². The molecule has 0 aliphatic carbocycles. The molecule has 5 heterocycles. The fourth-order valence-corrected chi connectivity index (χ4v) is 5.14. The molecule has 1 fully saturated rings. The molecule has 5 rings (SSSR count). The Morgan fingerprint density at radius 1 is 1.14 bits per heavy atom. The molecule has 0 bridgehead atoms. The molecule has 3 aromatic heterocycles. The smallest absolute Gasteiger partial charge is 0.410 e. The summed E-state index contributed by atoms with van der Waals surface area (Å²) in [6.07, 6.45) is 5.93. The summed E-state index contributed by atoms with van der Waals surface area (Å²) in [6.45, 7) is 9.48. The molecule has 2 aliphatic rings. The first kappa shape index (κ1) is 23.4. The standard InChI is InChI=1S/C24H29N7O3S/c1-24(2,3)34-23(32)31-6-4-15(5-7-31)17-14-35-20-18(16-12-26-21(25)27-13-16)28-22(29-19(17)20)30-8-10-33-11-9-30/h4,12-14H,5-11H2,1-3H3,(H2,25,26,27). The van der Waals surface area contributed by atoms with E-state index < -0.39 is 5.60 Å². The van der Waals surface area contributed by atoms with Crippen LogP contribution in [-0.2, 0) is 9.47 Å². The number of rotatable bonds is 3. The molecule has 2 N–H and O–H groups in total. The number of ether oxygens (including phenoxy) is 2. The topological polar surface area (TPSA) is 120 Å². The van der Waals surface area contributed by atoms with Crippen LogP contribution < -0.4 is 10.6 Å². The van der Waals surface area contributed by atoms with Crippen LogP contribution in [-0.4, -0.2) is 75.9 Å². The number of carbonyl (C=O) groups excluding carboxylic acids is 1. The summed E-state index contributed by atoms with van der Waals surface area (Å²) in [5.41, 5.74) is 9.92. The van der Waals surface area contributed by atoms with Gasteiger partial charge in [0.25, 0.3) is 0 Å². The van der Waals surface area contributed by atoms with Crippen LogP contribution in [0, 0.1) is 0 Å². The van der Waals surface area contributed by atoms with Gasteiger partial charge in [0.1, 0.15) is 5.60 Å². The lowest BCUT2D eigenvalue weighted by molar-refractivity contribution is 0.0270. The van der Waals surface area contributed by atoms with E-state index in [0.29, 0.717) is 32.3 Å². The Balaban J connectivity index is 1.52. The molecule has 1 saturated heterocycles. The molecule has 10 nitrogen and oxygen atoms in total. The summed E-state index contributed by atoms with van der Waals surface area (Å²) in [5, 5.41) is 2.12. The molecule has 35 heavy (non-hydrogen) atoms. The zero-order valence-electron chi connectivity index (χ0n) is 20.2. The van der Waals surface area contributed by atoms with Crippen LogP contribution in [0.15, 0.2) is 23.8 Å². The van der Waals surface area contributed by atoms with Gasteiger partial charge in [0, 0.05) is 55.1 Å². The third-order valence-corrected chi connectivity index (χ3v) is 6.83. The van der Waals surface area contributed by atoms with Gasteiger partial charge < -0.3 is 25.0 Å². The van der Waals surface area contributed by atoms with Gasteiger partial charge in [-0.2, -0.15) is 0 Å². The third-order valence-electron chi connectivity index (χ3n) is 5.85. The highest BCUT2D eigenvalue weighted by Gasteiger charge is 2.26. The van der Waals surface area contributed by atoms with E-state index in [4.69, 9.17) is 25.2 Å². The first-order valence-corrected chi connectivity index (χ1v) is 12.5. The van der Waals surface area contributed by atoms with Crippen molar-refractivity contribution in [2.75, 3.05) is 50.0 Å². The van der Waals surface area contributed by atoms with Gasteiger partial charge in [0.05, 0.1) is 29.1 Å². The predicted molar refractivity (Wildman–Crippen MR) is 136 cm³/mol. The van der Waals surface area contributed by atoms with E-state index in [1.165, 1.54) is 5.57 Å². The average Bonchev–Trinajstić information content (AvgIpc) is 3.28. The molecule has 0 radical (unpaired) electrons. The van der Waals surface area contributed by atoms with Crippen molar-refractivity contribution in [2.45, 2.75) is 32.8 Å². The number of aromatic nitrogens is 4. The second-order valence-electron chi connectivity index (χ2n) is 9.53. The molecule has 0 spiro atoms. The van der Waals surface area contributed by atoms with Gasteiger partial charge in [-0.05, 0) is 32.8 Å². The highest BCUT2D eigenvalue weighted by Crippen LogP contribution is 2.38. The van der Waals surface area contributed by atoms with Crippen LogP contribution in [0.25, 0.3) is 27.0 Å². The van der Waals surface area contributed by atoms with Crippen LogP contribution in [0.3, 0.4) is 0 Å². The summed E-state index contributed by atoms with van der Waals surface area (Å²) >= 11 is 1.60. The maximum atomic E-state index is 12.5. The first-order chi connectivity index (χ1) is 16.8. The normalized spacial score (nSPS) is 16.9. The Morgan fingerprint density at radius 2 is 1.89 bits per heavy atom. The molecule has 0 unspecified atom stereocenters. The molecule has 3 aromatic rings. The minimum absolute atomic E-state index is 0.223. The quantitative estimate of drug-likeness (QED) is 0.581. The largest absolute Gasteiger partial charge is 0.444 e. The summed E-state index contributed by atoms with van der Waals surface area (Å²) in [7, 11) is 0. The fourth-order valence-electron chi connectivity index (χ4n) is 4.10. The van der Waals surface area contributed by atoms with Crippen molar-refractivity contribution in [1.82, 2.24) is 24.8 Å². The second-order valence-corrected chi connectivity index (χ2v) is 10.4. The Kier molecular flexibility index (Phi) is 6.28. The van der Waals surface area contributed by atoms with Crippen molar-refractivity contribution in [3.05, 3.63) is 29.4 Å². The van der Waals surface area contributed by atoms with E-state index in [1.54, 1.807) is 28.6 Å². The van der Waals surface area contributed by atoms with Crippen molar-refractivity contribution < 1.29 is 14.3 Å². The number of nitrogen functional groups attached to an aromatic ring is 1. The second kappa shape index (κ2) is 9.38. The highest BCUT2D eigenvalue weighted by atomic mass is 32.1. The predicted octanol–water partition coefficient (Wildman–Crippen LogP) is 3.59. The van der Waals surface area contributed by atoms with Gasteiger partial charge in [-0.3, -0.25) is 0 Å². The van der Waals surface area contributed by atoms with E-state index in [9.17, 15) is 4.79 Å². The highest BCUT2D eigenvalue weighted by molar-refractivity contribution is 7.18. The van der Waals surface area contributed by atoms with Gasteiger partial charge in [0.2, 0.25) is 11.9 Å². The molecular formula is C24H29N7O3S. The van der Waals surface area contributed by atoms with Crippen LogP contribution in [0.4, 0.5) is 16.7 Å². The molecule has 1 amide bonds. The number of anilines is 2. The van der Waals surface area contributed by atoms with Crippen molar-refractivity contribution >= 4 is 45.1 Å². The Morgan fingerprint density at radius 3 is 2.54 bits per heavy atom. The Hall–Kier alpha value is -3.31. The Bertz CT molecular complexity index is 1260. The van der Waals surface area contributed by atoms with Gasteiger partial charge in [-0.1, -0.05) is 6.08 Å². The van der Waals surface area contributed by atoms with Crippen molar-refractivity contribution in [1.29, 1.82) is 0 Å². The summed E-state index contributed by atoms with van der Waals surface area (Å²) in [6, 6.07) is 0. The van der Waals surface area contributed by atoms with E-state index in [0.717, 1.165) is 46.5 Å². The maximum absolute atomic E-state index is 12.5. The number of fused-ring (bicyclic) bond motifs is 1. The zero-order valence-corrected chi connectivity index (χ0v) is 21.0. The third kappa shape index (κ3) is 5.06. The Labute approximate surface area is 207 Å². The minimum Gasteiger partial charge on any atom is -0.444 e. The molecule has 11 heteroatoms. The first-order valence-electron chi connectivity index (χ1n) is 11.7. The molecule has 2 aliphatic heterocycles. The van der Waals surface area contributed by atoms with Crippen LogP contribution >= 0.6 is 11.3 Å². The van der Waals surface area contributed by atoms with Crippen molar-refractivity contribution in [3.63, 3.8) is 0 Å². The minimum atomic E-state index is -0.514. The number of amides is 1. The SMILES string of the molecule is CC(C)(C)OC(=O)N1CC=C(c2csc3c(-c4cnc(N)nc4)nc(N4CCOCC4)nc23)CC1. The van der Waals surface area contributed by atoms with Crippen molar-refractivity contribution in [3.8, 4) is 11.3 Å². The zero-order chi connectivity index (χ0) is 24.6. The number of nitrogens with two attached hydrogens (primary N) is 1. The van der Waals surface area contributed by atoms with Gasteiger partial charge in [-0.25, -0.2) is 24.7 Å². The average molecular weight is 496 g/mol. The summed E-state index contributed by atoms with van der Waals surface area (Å²) < 4.78 is 12.0. The van der Waals surface area contributed by atoms with E-state index in [-0.39, 0.29) is 12.0 Å². The molecular weight excluding hydrogens is 466 g/mol. The molecule has 184 valence electrons. The maximum Gasteiger partial charge on any atom is 0.410 e. The van der Waals surface area contributed by atoms with Crippen LogP contribution in [0.1, 0.15) is 32.8 Å². The summed E-state index contributed by atoms with van der Waals surface area (Å²) in [4.78, 5) is 34.6. The lowest BCUT2D eigenvalue weighted by atomic mass is 10.0. The summed E-state index contributed by atoms with van der Waals surface area (Å²) in [5.74, 6) is 0.889. The van der Waals surface area contributed by atoms with Crippen molar-refractivity contribution in [2.24, 2.45) is 0 Å². The molecule has 0 aromatic carbocycles. The number of thiophene rings is 1.